The third-order valence-corrected chi connectivity index (χ3v) is 7.39. The molecule has 0 atom stereocenters. The molecule has 0 saturated carbocycles. The number of carbonyl (C=O) groups excluding carboxylic acids is 1. The minimum Gasteiger partial charge on any atom is -0.383 e. The van der Waals surface area contributed by atoms with E-state index >= 15 is 0 Å². The summed E-state index contributed by atoms with van der Waals surface area (Å²) < 4.78 is 4.02. The molecule has 0 unspecified atom stereocenters. The van der Waals surface area contributed by atoms with Crippen molar-refractivity contribution in [3.05, 3.63) is 43.0 Å². The van der Waals surface area contributed by atoms with Gasteiger partial charge in [-0.25, -0.2) is 9.97 Å². The number of nitrogen functional groups attached to an aromatic ring is 1. The molecule has 0 bridgehead atoms. The monoisotopic (exact) mass is 431 g/mol. The zero-order valence-electron chi connectivity index (χ0n) is 18.7. The maximum Gasteiger partial charge on any atom is 0.245 e. The van der Waals surface area contributed by atoms with Gasteiger partial charge in [0, 0.05) is 38.9 Å². The summed E-state index contributed by atoms with van der Waals surface area (Å²) in [6.45, 7) is 5.25. The van der Waals surface area contributed by atoms with E-state index in [4.69, 9.17) is 5.73 Å². The lowest BCUT2D eigenvalue weighted by molar-refractivity contribution is -0.128. The number of anilines is 1. The number of piperidine rings is 1. The van der Waals surface area contributed by atoms with E-state index in [-0.39, 0.29) is 11.3 Å². The van der Waals surface area contributed by atoms with Crippen LogP contribution in [0.15, 0.2) is 37.3 Å². The minimum atomic E-state index is 0.0434. The van der Waals surface area contributed by atoms with Crippen LogP contribution in [-0.4, -0.2) is 48.2 Å². The number of hydrogen-bond donors (Lipinski definition) is 1. The highest BCUT2D eigenvalue weighted by Gasteiger charge is 2.37. The number of carbonyl (C=O) groups is 1. The summed E-state index contributed by atoms with van der Waals surface area (Å²) >= 11 is 0. The molecule has 8 nitrogen and oxygen atoms in total. The van der Waals surface area contributed by atoms with E-state index in [1.165, 1.54) is 18.0 Å². The molecule has 1 aliphatic heterocycles. The Morgan fingerprint density at radius 2 is 2.00 bits per heavy atom. The first-order valence-electron chi connectivity index (χ1n) is 11.1. The topological polar surface area (TPSA) is 94.9 Å². The van der Waals surface area contributed by atoms with Crippen molar-refractivity contribution in [2.24, 2.45) is 19.5 Å². The number of aryl methyl sites for hydroxylation is 2. The SMILES string of the molecule is C=CC(=O)N1CCC2(CC=C(c3c(-c4ccnn4C)c4c(N)ncnc4n3C)CC2)CC1. The maximum atomic E-state index is 12.0. The van der Waals surface area contributed by atoms with Gasteiger partial charge in [-0.1, -0.05) is 12.7 Å². The number of aromatic nitrogens is 5. The molecule has 2 aliphatic rings. The summed E-state index contributed by atoms with van der Waals surface area (Å²) in [6, 6.07) is 2.02. The third-order valence-electron chi connectivity index (χ3n) is 7.39. The van der Waals surface area contributed by atoms with Gasteiger partial charge >= 0.3 is 0 Å². The number of nitrogens with two attached hydrogens (primary N) is 1. The Morgan fingerprint density at radius 3 is 2.62 bits per heavy atom. The molecular weight excluding hydrogens is 402 g/mol. The Morgan fingerprint density at radius 1 is 1.22 bits per heavy atom. The Balaban J connectivity index is 1.53. The molecular formula is C24H29N7O. The molecule has 1 saturated heterocycles. The average Bonchev–Trinajstić information content (AvgIpc) is 3.36. The highest BCUT2D eigenvalue weighted by Crippen LogP contribution is 2.48. The molecule has 166 valence electrons. The molecule has 1 spiro atoms. The fourth-order valence-corrected chi connectivity index (χ4v) is 5.46. The van der Waals surface area contributed by atoms with Crippen LogP contribution < -0.4 is 5.73 Å². The molecule has 1 fully saturated rings. The summed E-state index contributed by atoms with van der Waals surface area (Å²) in [5.74, 6) is 0.530. The van der Waals surface area contributed by atoms with Gasteiger partial charge in [0.25, 0.3) is 0 Å². The second-order valence-corrected chi connectivity index (χ2v) is 9.04. The number of nitrogens with zero attached hydrogens (tertiary/aromatic N) is 6. The van der Waals surface area contributed by atoms with Gasteiger partial charge in [-0.2, -0.15) is 5.10 Å². The van der Waals surface area contributed by atoms with E-state index in [0.717, 1.165) is 73.2 Å². The van der Waals surface area contributed by atoms with Gasteiger partial charge in [0.05, 0.1) is 16.8 Å². The molecule has 2 N–H and O–H groups in total. The van der Waals surface area contributed by atoms with Crippen LogP contribution in [0.4, 0.5) is 5.82 Å². The molecule has 1 aliphatic carbocycles. The summed E-state index contributed by atoms with van der Waals surface area (Å²) in [7, 11) is 4.00. The van der Waals surface area contributed by atoms with Gasteiger partial charge in [0.1, 0.15) is 17.8 Å². The van der Waals surface area contributed by atoms with E-state index in [9.17, 15) is 4.79 Å². The summed E-state index contributed by atoms with van der Waals surface area (Å²) in [4.78, 5) is 22.7. The predicted molar refractivity (Wildman–Crippen MR) is 125 cm³/mol. The lowest BCUT2D eigenvalue weighted by Crippen LogP contribution is -2.43. The van der Waals surface area contributed by atoms with Gasteiger partial charge in [0.15, 0.2) is 0 Å². The molecule has 4 heterocycles. The van der Waals surface area contributed by atoms with E-state index in [0.29, 0.717) is 5.82 Å². The third kappa shape index (κ3) is 3.13. The molecule has 3 aromatic rings. The number of fused-ring (bicyclic) bond motifs is 1. The fraction of sp³-hybridized carbons (Fsp3) is 0.417. The summed E-state index contributed by atoms with van der Waals surface area (Å²) in [5.41, 5.74) is 12.0. The van der Waals surface area contributed by atoms with Crippen molar-refractivity contribution >= 4 is 28.3 Å². The molecule has 3 aromatic heterocycles. The van der Waals surface area contributed by atoms with Crippen LogP contribution in [0.5, 0.6) is 0 Å². The van der Waals surface area contributed by atoms with Crippen LogP contribution in [0.2, 0.25) is 0 Å². The van der Waals surface area contributed by atoms with Crippen molar-refractivity contribution in [3.8, 4) is 11.3 Å². The lowest BCUT2D eigenvalue weighted by Gasteiger charge is -2.43. The smallest absolute Gasteiger partial charge is 0.245 e. The summed E-state index contributed by atoms with van der Waals surface area (Å²) in [6.07, 6.45) is 12.3. The van der Waals surface area contributed by atoms with Crippen molar-refractivity contribution in [1.82, 2.24) is 29.2 Å². The van der Waals surface area contributed by atoms with Crippen molar-refractivity contribution in [2.45, 2.75) is 32.1 Å². The number of allylic oxidation sites excluding steroid dienone is 2. The molecule has 1 amide bonds. The van der Waals surface area contributed by atoms with Crippen LogP contribution >= 0.6 is 0 Å². The number of rotatable bonds is 3. The van der Waals surface area contributed by atoms with Crippen molar-refractivity contribution in [3.63, 3.8) is 0 Å². The average molecular weight is 432 g/mol. The maximum absolute atomic E-state index is 12.0. The normalized spacial score (nSPS) is 18.2. The molecule has 0 aromatic carbocycles. The Labute approximate surface area is 187 Å². The zero-order valence-corrected chi connectivity index (χ0v) is 18.7. The Kier molecular flexibility index (Phi) is 4.87. The number of likely N-dealkylation sites (tertiary alicyclic amines) is 1. The molecule has 8 heteroatoms. The van der Waals surface area contributed by atoms with Crippen LogP contribution in [0.25, 0.3) is 27.9 Å². The number of amides is 1. The fourth-order valence-electron chi connectivity index (χ4n) is 5.46. The van der Waals surface area contributed by atoms with E-state index < -0.39 is 0 Å². The van der Waals surface area contributed by atoms with Gasteiger partial charge in [0.2, 0.25) is 5.91 Å². The van der Waals surface area contributed by atoms with Crippen LogP contribution in [0.1, 0.15) is 37.8 Å². The molecule has 32 heavy (non-hydrogen) atoms. The van der Waals surface area contributed by atoms with Crippen LogP contribution in [-0.2, 0) is 18.9 Å². The molecule has 0 radical (unpaired) electrons. The van der Waals surface area contributed by atoms with Gasteiger partial charge in [-0.3, -0.25) is 9.48 Å². The second kappa shape index (κ2) is 7.62. The lowest BCUT2D eigenvalue weighted by atomic mass is 9.68. The van der Waals surface area contributed by atoms with E-state index in [1.54, 1.807) is 6.20 Å². The quantitative estimate of drug-likeness (QED) is 0.642. The highest BCUT2D eigenvalue weighted by molar-refractivity contribution is 6.05. The van der Waals surface area contributed by atoms with Crippen molar-refractivity contribution in [2.75, 3.05) is 18.8 Å². The van der Waals surface area contributed by atoms with Crippen molar-refractivity contribution < 1.29 is 4.79 Å². The van der Waals surface area contributed by atoms with Gasteiger partial charge in [-0.15, -0.1) is 0 Å². The Bertz CT molecular complexity index is 1240. The van der Waals surface area contributed by atoms with Crippen LogP contribution in [0.3, 0.4) is 0 Å². The summed E-state index contributed by atoms with van der Waals surface area (Å²) in [5, 5.41) is 5.27. The highest BCUT2D eigenvalue weighted by atomic mass is 16.2. The largest absolute Gasteiger partial charge is 0.383 e. The second-order valence-electron chi connectivity index (χ2n) is 9.04. The number of hydrogen-bond acceptors (Lipinski definition) is 5. The van der Waals surface area contributed by atoms with Gasteiger partial charge < -0.3 is 15.2 Å². The standard InChI is InChI=1S/C24H29N7O/c1-4-18(32)31-13-10-24(11-14-31)8-5-16(6-9-24)21-19(17-7-12-28-30(17)3)20-22(25)26-15-27-23(20)29(21)2/h4-5,7,12,15H,1,6,8-11,13-14H2,2-3H3,(H2,25,26,27). The van der Waals surface area contributed by atoms with Crippen LogP contribution in [0, 0.1) is 5.41 Å². The Hall–Kier alpha value is -3.42. The minimum absolute atomic E-state index is 0.0434. The van der Waals surface area contributed by atoms with Crippen molar-refractivity contribution in [1.29, 1.82) is 0 Å². The van der Waals surface area contributed by atoms with E-state index in [1.807, 2.05) is 22.7 Å². The van der Waals surface area contributed by atoms with E-state index in [2.05, 4.69) is 39.3 Å². The first-order chi connectivity index (χ1) is 15.4. The predicted octanol–water partition coefficient (Wildman–Crippen LogP) is 3.31. The molecule has 5 rings (SSSR count). The zero-order chi connectivity index (χ0) is 22.5. The first kappa shape index (κ1) is 20.5. The van der Waals surface area contributed by atoms with Gasteiger partial charge in [-0.05, 0) is 55.2 Å². The first-order valence-corrected chi connectivity index (χ1v) is 11.1.